The van der Waals surface area contributed by atoms with Gasteiger partial charge in [-0.15, -0.1) is 5.48 Å². The van der Waals surface area contributed by atoms with E-state index in [0.29, 0.717) is 24.5 Å². The third kappa shape index (κ3) is 10.5. The zero-order chi connectivity index (χ0) is 32.4. The number of carbonyl (C=O) groups excluding carboxylic acids is 4. The molecule has 1 amide bonds. The van der Waals surface area contributed by atoms with Crippen LogP contribution in [0.2, 0.25) is 10.0 Å². The molecule has 2 aromatic carbocycles. The fourth-order valence-corrected chi connectivity index (χ4v) is 4.29. The number of nitrogens with one attached hydrogen (secondary N) is 3. The van der Waals surface area contributed by atoms with Crippen LogP contribution < -0.4 is 16.1 Å². The molecule has 44 heavy (non-hydrogen) atoms. The first-order chi connectivity index (χ1) is 20.7. The van der Waals surface area contributed by atoms with Gasteiger partial charge in [-0.1, -0.05) is 29.6 Å². The van der Waals surface area contributed by atoms with Gasteiger partial charge in [-0.05, 0) is 37.1 Å². The number of alkyl halides is 3. The minimum absolute atomic E-state index is 0.00463. The lowest BCUT2D eigenvalue weighted by Gasteiger charge is -2.19. The first kappa shape index (κ1) is 34.2. The molecule has 0 bridgehead atoms. The number of anilines is 1. The van der Waals surface area contributed by atoms with Crippen LogP contribution in [0.4, 0.5) is 18.9 Å². The normalized spacial score (nSPS) is 14.0. The van der Waals surface area contributed by atoms with Crippen LogP contribution in [0.5, 0.6) is 11.5 Å². The Morgan fingerprint density at radius 3 is 2.45 bits per heavy atom. The quantitative estimate of drug-likeness (QED) is 0.190. The Balaban J connectivity index is 1.63. The van der Waals surface area contributed by atoms with Gasteiger partial charge >= 0.3 is 24.1 Å². The predicted molar refractivity (Wildman–Crippen MR) is 148 cm³/mol. The third-order valence-corrected chi connectivity index (χ3v) is 6.30. The Hall–Kier alpha value is -4.28. The van der Waals surface area contributed by atoms with Crippen LogP contribution in [-0.2, 0) is 29.0 Å². The second-order valence-electron chi connectivity index (χ2n) is 9.21. The molecule has 0 saturated carbocycles. The highest BCUT2D eigenvalue weighted by Gasteiger charge is 2.43. The lowest BCUT2D eigenvalue weighted by atomic mass is 10.0. The molecule has 238 valence electrons. The van der Waals surface area contributed by atoms with E-state index < -0.39 is 54.7 Å². The van der Waals surface area contributed by atoms with Gasteiger partial charge in [0, 0.05) is 40.9 Å². The summed E-state index contributed by atoms with van der Waals surface area (Å²) in [5, 5.41) is 25.4. The minimum Gasteiger partial charge on any atom is -0.508 e. The molecular weight excluding hydrogens is 640 g/mol. The molecule has 1 atom stereocenters. The Bertz CT molecular complexity index is 1440. The smallest absolute Gasteiger partial charge is 0.495 e. The number of hydrogen-bond acceptors (Lipinski definition) is 12. The van der Waals surface area contributed by atoms with Crippen molar-refractivity contribution in [3.63, 3.8) is 0 Å². The Kier molecular flexibility index (Phi) is 12.0. The van der Waals surface area contributed by atoms with E-state index in [2.05, 4.69) is 30.9 Å². The molecule has 0 unspecified atom stereocenters. The molecule has 5 N–H and O–H groups in total. The zero-order valence-corrected chi connectivity index (χ0v) is 24.0. The standard InChI is InChI=1S/C26H25Cl2F3N4O9/c27-14-8-17(23(39)18(28)9-14)19(11-21(37)43-44-25(41)26(29,30)31)35-42-22(38)12-33-24(40)13-6-15(10-16(36)7-13)34-20-4-2-1-3-5-32-20/h6-10,19,35-36,39H,1-5,11-12H2,(H,32,34)(H,33,40)/t19-/m1/s1. The van der Waals surface area contributed by atoms with Crippen molar-refractivity contribution in [3.05, 3.63) is 51.5 Å². The van der Waals surface area contributed by atoms with Gasteiger partial charge in [0.25, 0.3) is 5.91 Å². The Morgan fingerprint density at radius 2 is 1.73 bits per heavy atom. The van der Waals surface area contributed by atoms with Gasteiger partial charge in [0.1, 0.15) is 23.9 Å². The molecule has 1 heterocycles. The highest BCUT2D eigenvalue weighted by Crippen LogP contribution is 2.36. The molecule has 18 heteroatoms. The number of benzene rings is 2. The van der Waals surface area contributed by atoms with E-state index >= 15 is 0 Å². The SMILES string of the molecule is O=C(CNC(=O)c1cc(O)cc(NC2=NCCCCC2)c1)ON[C@H](CC(=O)OOC(=O)C(F)(F)F)c1cc(Cl)cc(Cl)c1O. The van der Waals surface area contributed by atoms with Gasteiger partial charge in [0.05, 0.1) is 17.5 Å². The summed E-state index contributed by atoms with van der Waals surface area (Å²) < 4.78 is 36.9. The van der Waals surface area contributed by atoms with Crippen molar-refractivity contribution in [2.24, 2.45) is 4.99 Å². The summed E-state index contributed by atoms with van der Waals surface area (Å²) in [5.74, 6) is -6.41. The van der Waals surface area contributed by atoms with Gasteiger partial charge in [-0.25, -0.2) is 24.2 Å². The molecule has 0 radical (unpaired) electrons. The number of hydrogen-bond donors (Lipinski definition) is 5. The fraction of sp³-hybridized carbons (Fsp3) is 0.346. The highest BCUT2D eigenvalue weighted by atomic mass is 35.5. The molecule has 2 aromatic rings. The third-order valence-electron chi connectivity index (χ3n) is 5.80. The van der Waals surface area contributed by atoms with E-state index in [1.165, 1.54) is 12.1 Å². The van der Waals surface area contributed by atoms with Gasteiger partial charge in [0.15, 0.2) is 0 Å². The molecule has 3 rings (SSSR count). The van der Waals surface area contributed by atoms with Crippen molar-refractivity contribution < 1.29 is 57.2 Å². The summed E-state index contributed by atoms with van der Waals surface area (Å²) in [4.78, 5) is 64.5. The summed E-state index contributed by atoms with van der Waals surface area (Å²) in [6.07, 6.45) is -2.79. The number of hydroxylamine groups is 1. The van der Waals surface area contributed by atoms with E-state index in [-0.39, 0.29) is 26.9 Å². The molecule has 0 aliphatic carbocycles. The largest absolute Gasteiger partial charge is 0.508 e. The number of halogens is 5. The van der Waals surface area contributed by atoms with E-state index in [9.17, 15) is 42.6 Å². The average molecular weight is 665 g/mol. The van der Waals surface area contributed by atoms with Crippen LogP contribution in [0, 0.1) is 0 Å². The van der Waals surface area contributed by atoms with Crippen molar-refractivity contribution in [1.29, 1.82) is 0 Å². The Labute approximate surface area is 257 Å². The number of phenols is 2. The number of amidine groups is 1. The number of aromatic hydroxyl groups is 2. The van der Waals surface area contributed by atoms with Crippen LogP contribution >= 0.6 is 23.2 Å². The lowest BCUT2D eigenvalue weighted by Crippen LogP contribution is -2.35. The number of rotatable bonds is 9. The summed E-state index contributed by atoms with van der Waals surface area (Å²) >= 11 is 11.8. The molecule has 1 aliphatic rings. The predicted octanol–water partition coefficient (Wildman–Crippen LogP) is 4.26. The molecule has 0 aromatic heterocycles. The van der Waals surface area contributed by atoms with Crippen molar-refractivity contribution >= 4 is 58.5 Å². The van der Waals surface area contributed by atoms with Crippen molar-refractivity contribution in [2.75, 3.05) is 18.4 Å². The second kappa shape index (κ2) is 15.4. The summed E-state index contributed by atoms with van der Waals surface area (Å²) in [6, 6.07) is 4.68. The number of carbonyl (C=O) groups is 4. The van der Waals surface area contributed by atoms with Gasteiger partial charge in [0.2, 0.25) is 0 Å². The number of aliphatic imine (C=N–C) groups is 1. The van der Waals surface area contributed by atoms with Crippen LogP contribution in [0.1, 0.15) is 54.1 Å². The van der Waals surface area contributed by atoms with E-state index in [1.54, 1.807) is 0 Å². The number of nitrogens with zero attached hydrogens (tertiary/aromatic N) is 1. The molecule has 0 spiro atoms. The molecule has 13 nitrogen and oxygen atoms in total. The maximum absolute atomic E-state index is 12.7. The van der Waals surface area contributed by atoms with Gasteiger partial charge in [-0.2, -0.15) is 13.2 Å². The topological polar surface area (TPSA) is 185 Å². The Morgan fingerprint density at radius 1 is 0.977 bits per heavy atom. The van der Waals surface area contributed by atoms with E-state index in [1.807, 2.05) is 0 Å². The maximum atomic E-state index is 12.7. The van der Waals surface area contributed by atoms with Crippen molar-refractivity contribution in [2.45, 2.75) is 44.3 Å². The molecule has 0 fully saturated rings. The monoisotopic (exact) mass is 664 g/mol. The first-order valence-electron chi connectivity index (χ1n) is 12.8. The van der Waals surface area contributed by atoms with Crippen LogP contribution in [0.25, 0.3) is 0 Å². The van der Waals surface area contributed by atoms with Crippen LogP contribution in [0.3, 0.4) is 0 Å². The minimum atomic E-state index is -5.45. The highest BCUT2D eigenvalue weighted by molar-refractivity contribution is 6.35. The fourth-order valence-electron chi connectivity index (χ4n) is 3.78. The summed E-state index contributed by atoms with van der Waals surface area (Å²) in [7, 11) is 0. The average Bonchev–Trinajstić information content (AvgIpc) is 3.22. The number of amides is 1. The molecular formula is C26H25Cl2F3N4O9. The zero-order valence-electron chi connectivity index (χ0n) is 22.5. The first-order valence-corrected chi connectivity index (χ1v) is 13.5. The summed E-state index contributed by atoms with van der Waals surface area (Å²) in [5.41, 5.74) is 2.25. The van der Waals surface area contributed by atoms with Crippen molar-refractivity contribution in [3.8, 4) is 11.5 Å². The van der Waals surface area contributed by atoms with Crippen LogP contribution in [0.15, 0.2) is 35.3 Å². The van der Waals surface area contributed by atoms with E-state index in [4.69, 9.17) is 28.0 Å². The molecule has 0 saturated heterocycles. The number of phenolic OH excluding ortho intramolecular Hbond substituents is 2. The molecule has 1 aliphatic heterocycles. The van der Waals surface area contributed by atoms with Gasteiger partial charge < -0.3 is 25.7 Å². The maximum Gasteiger partial charge on any atom is 0.495 e. The van der Waals surface area contributed by atoms with E-state index in [0.717, 1.165) is 37.5 Å². The summed E-state index contributed by atoms with van der Waals surface area (Å²) in [6.45, 7) is -0.0816. The van der Waals surface area contributed by atoms with Crippen LogP contribution in [-0.4, -0.2) is 59.1 Å². The lowest BCUT2D eigenvalue weighted by molar-refractivity contribution is -0.286. The van der Waals surface area contributed by atoms with Gasteiger partial charge in [-0.3, -0.25) is 9.79 Å². The second-order valence-corrected chi connectivity index (χ2v) is 10.1. The van der Waals surface area contributed by atoms with Crippen molar-refractivity contribution in [1.82, 2.24) is 10.8 Å².